The lowest BCUT2D eigenvalue weighted by molar-refractivity contribution is -0.127. The lowest BCUT2D eigenvalue weighted by Crippen LogP contribution is -2.44. The van der Waals surface area contributed by atoms with Gasteiger partial charge in [0.1, 0.15) is 5.69 Å². The molecule has 2 aromatic rings. The van der Waals surface area contributed by atoms with E-state index in [1.54, 1.807) is 16.9 Å². The summed E-state index contributed by atoms with van der Waals surface area (Å²) in [6.07, 6.45) is 6.21. The van der Waals surface area contributed by atoms with Crippen molar-refractivity contribution in [3.05, 3.63) is 53.9 Å². The topological polar surface area (TPSA) is 58.4 Å². The molecular formula is C22H28N4O2. The highest BCUT2D eigenvalue weighted by Crippen LogP contribution is 2.41. The summed E-state index contributed by atoms with van der Waals surface area (Å²) in [6.45, 7) is 3.08. The van der Waals surface area contributed by atoms with Gasteiger partial charge in [-0.15, -0.1) is 0 Å². The van der Waals surface area contributed by atoms with Crippen LogP contribution in [0.5, 0.6) is 0 Å². The number of likely N-dealkylation sites (tertiary alicyclic amines) is 2. The maximum Gasteiger partial charge on any atom is 0.274 e. The van der Waals surface area contributed by atoms with Crippen LogP contribution in [0.15, 0.2) is 42.6 Å². The predicted molar refractivity (Wildman–Crippen MR) is 107 cm³/mol. The molecule has 1 aromatic carbocycles. The molecule has 148 valence electrons. The van der Waals surface area contributed by atoms with Crippen LogP contribution in [0, 0.1) is 5.41 Å². The van der Waals surface area contributed by atoms with Crippen LogP contribution in [0.1, 0.15) is 41.7 Å². The van der Waals surface area contributed by atoms with Crippen molar-refractivity contribution < 1.29 is 9.59 Å². The minimum absolute atomic E-state index is 0.000472. The van der Waals surface area contributed by atoms with Gasteiger partial charge in [-0.3, -0.25) is 14.3 Å². The average molecular weight is 380 g/mol. The van der Waals surface area contributed by atoms with E-state index >= 15 is 0 Å². The molecule has 0 unspecified atom stereocenters. The highest BCUT2D eigenvalue weighted by Gasteiger charge is 2.45. The van der Waals surface area contributed by atoms with Crippen molar-refractivity contribution in [2.24, 2.45) is 12.5 Å². The van der Waals surface area contributed by atoms with Crippen molar-refractivity contribution in [3.63, 3.8) is 0 Å². The molecule has 0 N–H and O–H groups in total. The van der Waals surface area contributed by atoms with Crippen LogP contribution in [0.3, 0.4) is 0 Å². The van der Waals surface area contributed by atoms with E-state index in [1.165, 1.54) is 5.56 Å². The summed E-state index contributed by atoms with van der Waals surface area (Å²) >= 11 is 0. The number of rotatable bonds is 5. The minimum Gasteiger partial charge on any atom is -0.342 e. The third kappa shape index (κ3) is 3.96. The normalized spacial score (nSPS) is 18.8. The van der Waals surface area contributed by atoms with Gasteiger partial charge in [0.15, 0.2) is 0 Å². The molecule has 2 fully saturated rings. The molecule has 2 aliphatic heterocycles. The summed E-state index contributed by atoms with van der Waals surface area (Å²) in [5.41, 5.74) is 1.87. The Balaban J connectivity index is 1.28. The van der Waals surface area contributed by atoms with Gasteiger partial charge in [-0.1, -0.05) is 30.3 Å². The van der Waals surface area contributed by atoms with Crippen molar-refractivity contribution in [1.82, 2.24) is 19.6 Å². The summed E-state index contributed by atoms with van der Waals surface area (Å²) in [6, 6.07) is 12.2. The average Bonchev–Trinajstić information content (AvgIpc) is 3.26. The standard InChI is InChI=1S/C22H28N4O2/c1-24-13-9-19(23-24)21(28)25-14-10-22(11-15-25)16-20(27)26(17-22)12-5-8-18-6-3-2-4-7-18/h2-4,6-7,9,13H,5,8,10-12,14-17H2,1H3. The van der Waals surface area contributed by atoms with Gasteiger partial charge < -0.3 is 9.80 Å². The number of hydrogen-bond donors (Lipinski definition) is 0. The Morgan fingerprint density at radius 2 is 1.89 bits per heavy atom. The summed E-state index contributed by atoms with van der Waals surface area (Å²) < 4.78 is 1.65. The summed E-state index contributed by atoms with van der Waals surface area (Å²) in [7, 11) is 1.82. The number of aromatic nitrogens is 2. The lowest BCUT2D eigenvalue weighted by Gasteiger charge is -2.38. The quantitative estimate of drug-likeness (QED) is 0.801. The van der Waals surface area contributed by atoms with Crippen LogP contribution in [0.2, 0.25) is 0 Å². The molecule has 1 spiro atoms. The second kappa shape index (κ2) is 7.78. The molecule has 2 saturated heterocycles. The fourth-order valence-corrected chi connectivity index (χ4v) is 4.51. The van der Waals surface area contributed by atoms with Crippen LogP contribution < -0.4 is 0 Å². The van der Waals surface area contributed by atoms with Crippen molar-refractivity contribution in [2.45, 2.75) is 32.1 Å². The van der Waals surface area contributed by atoms with E-state index in [0.717, 1.165) is 38.8 Å². The Morgan fingerprint density at radius 3 is 2.57 bits per heavy atom. The molecule has 0 atom stereocenters. The number of carbonyl (C=O) groups is 2. The molecule has 1 aromatic heterocycles. The molecule has 0 bridgehead atoms. The second-order valence-electron chi connectivity index (χ2n) is 8.25. The van der Waals surface area contributed by atoms with E-state index in [-0.39, 0.29) is 17.2 Å². The van der Waals surface area contributed by atoms with Gasteiger partial charge in [-0.25, -0.2) is 0 Å². The molecule has 0 saturated carbocycles. The van der Waals surface area contributed by atoms with Gasteiger partial charge in [-0.05, 0) is 37.3 Å². The number of amides is 2. The molecule has 0 aliphatic carbocycles. The third-order valence-electron chi connectivity index (χ3n) is 6.19. The van der Waals surface area contributed by atoms with Crippen LogP contribution in [0.25, 0.3) is 0 Å². The number of piperidine rings is 1. The highest BCUT2D eigenvalue weighted by molar-refractivity contribution is 5.92. The first-order valence-electron chi connectivity index (χ1n) is 10.2. The van der Waals surface area contributed by atoms with Crippen molar-refractivity contribution in [1.29, 1.82) is 0 Å². The molecule has 0 radical (unpaired) electrons. The largest absolute Gasteiger partial charge is 0.342 e. The fraction of sp³-hybridized carbons (Fsp3) is 0.500. The third-order valence-corrected chi connectivity index (χ3v) is 6.19. The summed E-state index contributed by atoms with van der Waals surface area (Å²) in [5.74, 6) is 0.275. The van der Waals surface area contributed by atoms with E-state index in [2.05, 4.69) is 29.4 Å². The maximum absolute atomic E-state index is 12.6. The molecule has 28 heavy (non-hydrogen) atoms. The van der Waals surface area contributed by atoms with Gasteiger partial charge in [0, 0.05) is 51.3 Å². The molecule has 4 rings (SSSR count). The zero-order chi connectivity index (χ0) is 19.6. The highest BCUT2D eigenvalue weighted by atomic mass is 16.2. The molecule has 3 heterocycles. The number of carbonyl (C=O) groups excluding carboxylic acids is 2. The van der Waals surface area contributed by atoms with Crippen molar-refractivity contribution in [3.8, 4) is 0 Å². The van der Waals surface area contributed by atoms with Gasteiger partial charge in [-0.2, -0.15) is 5.10 Å². The molecule has 2 aliphatic rings. The van der Waals surface area contributed by atoms with E-state index in [1.807, 2.05) is 22.9 Å². The molecular weight excluding hydrogens is 352 g/mol. The number of benzene rings is 1. The first-order valence-corrected chi connectivity index (χ1v) is 10.2. The fourth-order valence-electron chi connectivity index (χ4n) is 4.51. The van der Waals surface area contributed by atoms with Crippen molar-refractivity contribution in [2.75, 3.05) is 26.2 Å². The molecule has 6 nitrogen and oxygen atoms in total. The summed E-state index contributed by atoms with van der Waals surface area (Å²) in [4.78, 5) is 29.1. The number of hydrogen-bond acceptors (Lipinski definition) is 3. The zero-order valence-corrected chi connectivity index (χ0v) is 16.5. The van der Waals surface area contributed by atoms with Gasteiger partial charge in [0.25, 0.3) is 5.91 Å². The molecule has 6 heteroatoms. The minimum atomic E-state index is -0.000472. The molecule has 2 amide bonds. The van der Waals surface area contributed by atoms with Crippen LogP contribution in [0.4, 0.5) is 0 Å². The second-order valence-corrected chi connectivity index (χ2v) is 8.25. The monoisotopic (exact) mass is 380 g/mol. The van der Waals surface area contributed by atoms with E-state index < -0.39 is 0 Å². The van der Waals surface area contributed by atoms with Crippen LogP contribution in [-0.4, -0.2) is 57.6 Å². The SMILES string of the molecule is Cn1ccc(C(=O)N2CCC3(CC2)CC(=O)N(CCCc2ccccc2)C3)n1. The van der Waals surface area contributed by atoms with Gasteiger partial charge in [0.05, 0.1) is 0 Å². The Labute approximate surface area is 166 Å². The number of nitrogens with zero attached hydrogens (tertiary/aromatic N) is 4. The van der Waals surface area contributed by atoms with Gasteiger partial charge in [0.2, 0.25) is 5.91 Å². The van der Waals surface area contributed by atoms with Crippen molar-refractivity contribution >= 4 is 11.8 Å². The first kappa shape index (κ1) is 18.7. The lowest BCUT2D eigenvalue weighted by atomic mass is 9.77. The van der Waals surface area contributed by atoms with Crippen LogP contribution in [-0.2, 0) is 18.3 Å². The summed E-state index contributed by atoms with van der Waals surface area (Å²) in [5, 5.41) is 4.22. The van der Waals surface area contributed by atoms with E-state index in [4.69, 9.17) is 0 Å². The zero-order valence-electron chi connectivity index (χ0n) is 16.5. The Bertz CT molecular complexity index is 837. The number of aryl methyl sites for hydroxylation is 2. The Morgan fingerprint density at radius 1 is 1.14 bits per heavy atom. The van der Waals surface area contributed by atoms with Crippen LogP contribution >= 0.6 is 0 Å². The van der Waals surface area contributed by atoms with Gasteiger partial charge >= 0.3 is 0 Å². The first-order chi connectivity index (χ1) is 13.5. The Hall–Kier alpha value is -2.63. The van der Waals surface area contributed by atoms with E-state index in [0.29, 0.717) is 25.2 Å². The Kier molecular flexibility index (Phi) is 5.20. The smallest absolute Gasteiger partial charge is 0.274 e. The maximum atomic E-state index is 12.6. The predicted octanol–water partition coefficient (Wildman–Crippen LogP) is 2.51. The van der Waals surface area contributed by atoms with E-state index in [9.17, 15) is 9.59 Å².